The van der Waals surface area contributed by atoms with E-state index in [9.17, 15) is 14.7 Å². The summed E-state index contributed by atoms with van der Waals surface area (Å²) < 4.78 is 5.66. The normalized spacial score (nSPS) is 19.3. The molecule has 1 N–H and O–H groups in total. The number of Topliss-reactive ketones (excluding diaryl/α,β-unsaturated/α-hetero) is 1. The molecule has 0 spiro atoms. The van der Waals surface area contributed by atoms with Gasteiger partial charge >= 0.3 is 0 Å². The van der Waals surface area contributed by atoms with E-state index in [0.29, 0.717) is 30.3 Å². The van der Waals surface area contributed by atoms with E-state index in [0.717, 1.165) is 31.5 Å². The van der Waals surface area contributed by atoms with Gasteiger partial charge in [0.15, 0.2) is 5.76 Å². The molecule has 2 aliphatic heterocycles. The van der Waals surface area contributed by atoms with Gasteiger partial charge in [-0.25, -0.2) is 0 Å². The van der Waals surface area contributed by atoms with Gasteiger partial charge in [0.2, 0.25) is 5.78 Å². The number of rotatable bonds is 9. The number of carbonyl (C=O) groups excluding carboxylic acids is 2. The number of likely N-dealkylation sites (tertiary alicyclic amines) is 1. The van der Waals surface area contributed by atoms with Gasteiger partial charge in [0.05, 0.1) is 16.5 Å². The van der Waals surface area contributed by atoms with Crippen molar-refractivity contribution in [2.75, 3.05) is 32.8 Å². The molecule has 1 amide bonds. The topological polar surface area (TPSA) is 70.1 Å². The molecule has 0 aliphatic carbocycles. The lowest BCUT2D eigenvalue weighted by atomic mass is 9.95. The van der Waals surface area contributed by atoms with Crippen molar-refractivity contribution in [2.24, 2.45) is 0 Å². The summed E-state index contributed by atoms with van der Waals surface area (Å²) in [6.07, 6.45) is 3.98. The lowest BCUT2D eigenvalue weighted by Gasteiger charge is -2.29. The van der Waals surface area contributed by atoms with Gasteiger partial charge in [0, 0.05) is 13.1 Å². The maximum atomic E-state index is 13.3. The third-order valence-corrected chi connectivity index (χ3v) is 6.56. The number of nitrogens with zero attached hydrogens (tertiary/aromatic N) is 2. The molecule has 0 saturated carbocycles. The Hall–Kier alpha value is -2.90. The molecule has 3 heterocycles. The first kappa shape index (κ1) is 21.3. The summed E-state index contributed by atoms with van der Waals surface area (Å²) in [5.74, 6) is -0.644. The quantitative estimate of drug-likeness (QED) is 0.474. The van der Waals surface area contributed by atoms with Crippen LogP contribution in [0.5, 0.6) is 5.75 Å². The number of benzene rings is 1. The SMILES string of the molecule is C=CCOc1cccc(C2C(C(=O)c3cccs3)=C(O)C(=O)N2CCN2CCCC2)c1. The molecule has 1 atom stereocenters. The Morgan fingerprint density at radius 1 is 1.23 bits per heavy atom. The van der Waals surface area contributed by atoms with Crippen LogP contribution in [0.3, 0.4) is 0 Å². The molecular weight excluding hydrogens is 412 g/mol. The van der Waals surface area contributed by atoms with E-state index in [-0.39, 0.29) is 11.4 Å². The van der Waals surface area contributed by atoms with Gasteiger partial charge in [-0.2, -0.15) is 0 Å². The summed E-state index contributed by atoms with van der Waals surface area (Å²) in [5, 5.41) is 12.6. The fraction of sp³-hybridized carbons (Fsp3) is 0.333. The van der Waals surface area contributed by atoms with E-state index in [4.69, 9.17) is 4.74 Å². The summed E-state index contributed by atoms with van der Waals surface area (Å²) in [7, 11) is 0. The van der Waals surface area contributed by atoms with Gasteiger partial charge < -0.3 is 19.6 Å². The second-order valence-corrected chi connectivity index (χ2v) is 8.64. The molecule has 1 aromatic heterocycles. The number of carbonyl (C=O) groups is 2. The second-order valence-electron chi connectivity index (χ2n) is 7.69. The van der Waals surface area contributed by atoms with Crippen LogP contribution in [0.25, 0.3) is 0 Å². The minimum absolute atomic E-state index is 0.134. The summed E-state index contributed by atoms with van der Waals surface area (Å²) in [6, 6.07) is 10.2. The zero-order valence-corrected chi connectivity index (χ0v) is 18.1. The number of aliphatic hydroxyl groups excluding tert-OH is 1. The average Bonchev–Trinajstić information content (AvgIpc) is 3.54. The first-order valence-electron chi connectivity index (χ1n) is 10.5. The van der Waals surface area contributed by atoms with E-state index in [1.165, 1.54) is 11.3 Å². The van der Waals surface area contributed by atoms with Crippen molar-refractivity contribution in [3.05, 3.63) is 76.2 Å². The highest BCUT2D eigenvalue weighted by atomic mass is 32.1. The Morgan fingerprint density at radius 3 is 2.74 bits per heavy atom. The molecule has 2 aliphatic rings. The van der Waals surface area contributed by atoms with Crippen LogP contribution in [-0.4, -0.2) is 59.4 Å². The van der Waals surface area contributed by atoms with E-state index in [2.05, 4.69) is 11.5 Å². The zero-order valence-electron chi connectivity index (χ0n) is 17.3. The number of amides is 1. The van der Waals surface area contributed by atoms with Crippen molar-refractivity contribution < 1.29 is 19.4 Å². The van der Waals surface area contributed by atoms with Gasteiger partial charge in [-0.3, -0.25) is 9.59 Å². The van der Waals surface area contributed by atoms with Gasteiger partial charge in [-0.15, -0.1) is 11.3 Å². The summed E-state index contributed by atoms with van der Waals surface area (Å²) in [6.45, 7) is 7.19. The van der Waals surface area contributed by atoms with E-state index >= 15 is 0 Å². The van der Waals surface area contributed by atoms with Gasteiger partial charge in [0.25, 0.3) is 5.91 Å². The van der Waals surface area contributed by atoms with E-state index in [1.807, 2.05) is 29.6 Å². The van der Waals surface area contributed by atoms with Crippen LogP contribution >= 0.6 is 11.3 Å². The predicted molar refractivity (Wildman–Crippen MR) is 121 cm³/mol. The third kappa shape index (κ3) is 4.43. The van der Waals surface area contributed by atoms with Crippen molar-refractivity contribution in [3.63, 3.8) is 0 Å². The molecule has 31 heavy (non-hydrogen) atoms. The highest BCUT2D eigenvalue weighted by molar-refractivity contribution is 7.12. The fourth-order valence-electron chi connectivity index (χ4n) is 4.19. The standard InChI is InChI=1S/C24H26N2O4S/c1-2-14-30-18-8-5-7-17(16-18)21-20(22(27)19-9-6-15-31-19)23(28)24(29)26(21)13-12-25-10-3-4-11-25/h2,5-9,15-16,21,28H,1,3-4,10-14H2. The Kier molecular flexibility index (Phi) is 6.53. The molecular formula is C24H26N2O4S. The molecule has 162 valence electrons. The van der Waals surface area contributed by atoms with Gasteiger partial charge in [0.1, 0.15) is 12.4 Å². The number of thiophene rings is 1. The van der Waals surface area contributed by atoms with Gasteiger partial charge in [-0.05, 0) is 55.1 Å². The van der Waals surface area contributed by atoms with Crippen molar-refractivity contribution in [1.29, 1.82) is 0 Å². The van der Waals surface area contributed by atoms with Crippen LogP contribution in [0.1, 0.15) is 34.1 Å². The molecule has 1 saturated heterocycles. The van der Waals surface area contributed by atoms with Crippen LogP contribution in [0.15, 0.2) is 65.8 Å². The van der Waals surface area contributed by atoms with E-state index in [1.54, 1.807) is 23.1 Å². The summed E-state index contributed by atoms with van der Waals surface area (Å²) >= 11 is 1.30. The van der Waals surface area contributed by atoms with Gasteiger partial charge in [-0.1, -0.05) is 30.9 Å². The first-order valence-corrected chi connectivity index (χ1v) is 11.4. The molecule has 6 nitrogen and oxygen atoms in total. The van der Waals surface area contributed by atoms with Crippen LogP contribution in [0.2, 0.25) is 0 Å². The average molecular weight is 439 g/mol. The van der Waals surface area contributed by atoms with Crippen LogP contribution < -0.4 is 4.74 Å². The number of ether oxygens (including phenoxy) is 1. The maximum absolute atomic E-state index is 13.3. The Labute approximate surface area is 186 Å². The molecule has 0 radical (unpaired) electrons. The fourth-order valence-corrected chi connectivity index (χ4v) is 4.87. The Balaban J connectivity index is 1.69. The lowest BCUT2D eigenvalue weighted by molar-refractivity contribution is -0.129. The largest absolute Gasteiger partial charge is 0.503 e. The number of hydrogen-bond acceptors (Lipinski definition) is 6. The maximum Gasteiger partial charge on any atom is 0.290 e. The molecule has 1 fully saturated rings. The third-order valence-electron chi connectivity index (χ3n) is 5.69. The lowest BCUT2D eigenvalue weighted by Crippen LogP contribution is -2.37. The zero-order chi connectivity index (χ0) is 21.8. The van der Waals surface area contributed by atoms with Crippen molar-refractivity contribution in [3.8, 4) is 5.75 Å². The molecule has 7 heteroatoms. The monoisotopic (exact) mass is 438 g/mol. The Bertz CT molecular complexity index is 993. The number of hydrogen-bond donors (Lipinski definition) is 1. The summed E-state index contributed by atoms with van der Waals surface area (Å²) in [4.78, 5) is 30.7. The van der Waals surface area contributed by atoms with Crippen molar-refractivity contribution in [1.82, 2.24) is 9.80 Å². The second kappa shape index (κ2) is 9.49. The first-order chi connectivity index (χ1) is 15.1. The molecule has 4 rings (SSSR count). The summed E-state index contributed by atoms with van der Waals surface area (Å²) in [5.41, 5.74) is 0.870. The highest BCUT2D eigenvalue weighted by Gasteiger charge is 2.44. The predicted octanol–water partition coefficient (Wildman–Crippen LogP) is 3.99. The van der Waals surface area contributed by atoms with Crippen LogP contribution in [-0.2, 0) is 4.79 Å². The Morgan fingerprint density at radius 2 is 2.03 bits per heavy atom. The molecule has 1 unspecified atom stereocenters. The van der Waals surface area contributed by atoms with Crippen LogP contribution in [0.4, 0.5) is 0 Å². The van der Waals surface area contributed by atoms with Crippen LogP contribution in [0, 0.1) is 0 Å². The smallest absolute Gasteiger partial charge is 0.290 e. The highest BCUT2D eigenvalue weighted by Crippen LogP contribution is 2.40. The molecule has 1 aromatic carbocycles. The number of ketones is 1. The molecule has 0 bridgehead atoms. The number of aliphatic hydroxyl groups is 1. The van der Waals surface area contributed by atoms with E-state index < -0.39 is 17.7 Å². The van der Waals surface area contributed by atoms with Crippen molar-refractivity contribution in [2.45, 2.75) is 18.9 Å². The van der Waals surface area contributed by atoms with Crippen molar-refractivity contribution >= 4 is 23.0 Å². The minimum Gasteiger partial charge on any atom is -0.503 e. The molecule has 2 aromatic rings. The minimum atomic E-state index is -0.656.